The molecule has 1 aromatic carbocycles. The second-order valence-electron chi connectivity index (χ2n) is 5.47. The summed E-state index contributed by atoms with van der Waals surface area (Å²) < 4.78 is 26.3. The van der Waals surface area contributed by atoms with E-state index >= 15 is 0 Å². The van der Waals surface area contributed by atoms with Crippen molar-refractivity contribution in [2.24, 2.45) is 0 Å². The molecule has 0 spiro atoms. The average molecular weight is 349 g/mol. The van der Waals surface area contributed by atoms with Crippen molar-refractivity contribution in [3.05, 3.63) is 70.0 Å². The normalized spacial score (nSPS) is 13.0. The molecule has 7 nitrogen and oxygen atoms in total. The SMILES string of the molecule is C[C@H](c1cccnc1)N(C)S(=O)(=O)CCc1ccc([N+](=O)[O-])cc1. The molecule has 24 heavy (non-hydrogen) atoms. The van der Waals surface area contributed by atoms with Crippen molar-refractivity contribution < 1.29 is 13.3 Å². The van der Waals surface area contributed by atoms with Gasteiger partial charge in [0.1, 0.15) is 0 Å². The van der Waals surface area contributed by atoms with Crippen LogP contribution in [0.1, 0.15) is 24.1 Å². The number of aryl methyl sites for hydroxylation is 1. The molecule has 0 aliphatic carbocycles. The molecule has 0 amide bonds. The van der Waals surface area contributed by atoms with Crippen LogP contribution in [0.15, 0.2) is 48.8 Å². The van der Waals surface area contributed by atoms with Crippen LogP contribution in [0.25, 0.3) is 0 Å². The van der Waals surface area contributed by atoms with Crippen LogP contribution in [-0.4, -0.2) is 35.4 Å². The van der Waals surface area contributed by atoms with Gasteiger partial charge in [-0.15, -0.1) is 0 Å². The van der Waals surface area contributed by atoms with Crippen LogP contribution in [0.5, 0.6) is 0 Å². The highest BCUT2D eigenvalue weighted by Gasteiger charge is 2.24. The highest BCUT2D eigenvalue weighted by atomic mass is 32.2. The minimum absolute atomic E-state index is 0.0103. The van der Waals surface area contributed by atoms with Gasteiger partial charge in [-0.05, 0) is 30.5 Å². The predicted molar refractivity (Wildman–Crippen MR) is 91.0 cm³/mol. The Hall–Kier alpha value is -2.32. The Balaban J connectivity index is 2.03. The predicted octanol–water partition coefficient (Wildman–Crippen LogP) is 2.56. The van der Waals surface area contributed by atoms with Crippen molar-refractivity contribution in [3.63, 3.8) is 0 Å². The van der Waals surface area contributed by atoms with Crippen LogP contribution in [0, 0.1) is 10.1 Å². The monoisotopic (exact) mass is 349 g/mol. The lowest BCUT2D eigenvalue weighted by Gasteiger charge is -2.24. The van der Waals surface area contributed by atoms with E-state index < -0.39 is 14.9 Å². The summed E-state index contributed by atoms with van der Waals surface area (Å²) in [7, 11) is -1.92. The minimum Gasteiger partial charge on any atom is -0.264 e. The van der Waals surface area contributed by atoms with E-state index in [9.17, 15) is 18.5 Å². The molecule has 0 saturated carbocycles. The fourth-order valence-electron chi connectivity index (χ4n) is 2.25. The standard InChI is InChI=1S/C16H19N3O4S/c1-13(15-4-3-10-17-12-15)18(2)24(22,23)11-9-14-5-7-16(8-6-14)19(20)21/h3-8,10,12-13H,9,11H2,1-2H3/t13-/m1/s1. The first-order valence-corrected chi connectivity index (χ1v) is 9.01. The zero-order valence-electron chi connectivity index (χ0n) is 13.5. The Labute approximate surface area is 141 Å². The number of nitro groups is 1. The highest BCUT2D eigenvalue weighted by Crippen LogP contribution is 2.21. The molecule has 0 fully saturated rings. The van der Waals surface area contributed by atoms with E-state index in [2.05, 4.69) is 4.98 Å². The number of sulfonamides is 1. The zero-order valence-corrected chi connectivity index (χ0v) is 14.3. The van der Waals surface area contributed by atoms with Crippen LogP contribution in [0.4, 0.5) is 5.69 Å². The number of benzene rings is 1. The summed E-state index contributed by atoms with van der Waals surface area (Å²) in [5, 5.41) is 10.6. The van der Waals surface area contributed by atoms with Gasteiger partial charge in [-0.25, -0.2) is 8.42 Å². The van der Waals surface area contributed by atoms with Crippen molar-refractivity contribution in [3.8, 4) is 0 Å². The van der Waals surface area contributed by atoms with Gasteiger partial charge in [-0.1, -0.05) is 18.2 Å². The first-order chi connectivity index (χ1) is 11.3. The summed E-state index contributed by atoms with van der Waals surface area (Å²) in [6.07, 6.45) is 3.58. The quantitative estimate of drug-likeness (QED) is 0.566. The molecule has 0 saturated heterocycles. The molecule has 0 radical (unpaired) electrons. The van der Waals surface area contributed by atoms with E-state index in [0.717, 1.165) is 11.1 Å². The number of hydrogen-bond donors (Lipinski definition) is 0. The molecule has 2 rings (SSSR count). The van der Waals surface area contributed by atoms with Crippen molar-refractivity contribution in [2.45, 2.75) is 19.4 Å². The molecular weight excluding hydrogens is 330 g/mol. The van der Waals surface area contributed by atoms with Gasteiger partial charge in [0.2, 0.25) is 10.0 Å². The van der Waals surface area contributed by atoms with Gasteiger partial charge in [0.25, 0.3) is 5.69 Å². The Morgan fingerprint density at radius 1 is 1.25 bits per heavy atom. The average Bonchev–Trinajstić information content (AvgIpc) is 2.59. The fraction of sp³-hybridized carbons (Fsp3) is 0.312. The molecule has 0 aliphatic heterocycles. The van der Waals surface area contributed by atoms with Crippen molar-refractivity contribution in [1.29, 1.82) is 0 Å². The number of aromatic nitrogens is 1. The van der Waals surface area contributed by atoms with E-state index in [1.807, 2.05) is 6.07 Å². The van der Waals surface area contributed by atoms with Crippen molar-refractivity contribution in [2.75, 3.05) is 12.8 Å². The van der Waals surface area contributed by atoms with Gasteiger partial charge in [0.15, 0.2) is 0 Å². The Morgan fingerprint density at radius 2 is 1.92 bits per heavy atom. The molecule has 0 unspecified atom stereocenters. The van der Waals surface area contributed by atoms with Gasteiger partial charge < -0.3 is 0 Å². The van der Waals surface area contributed by atoms with Gasteiger partial charge in [0, 0.05) is 37.6 Å². The van der Waals surface area contributed by atoms with Crippen LogP contribution in [0.3, 0.4) is 0 Å². The van der Waals surface area contributed by atoms with Gasteiger partial charge in [-0.3, -0.25) is 15.1 Å². The van der Waals surface area contributed by atoms with Crippen molar-refractivity contribution >= 4 is 15.7 Å². The van der Waals surface area contributed by atoms with E-state index in [-0.39, 0.29) is 17.5 Å². The largest absolute Gasteiger partial charge is 0.269 e. The third-order valence-corrected chi connectivity index (χ3v) is 5.86. The summed E-state index contributed by atoms with van der Waals surface area (Å²) in [6, 6.07) is 9.20. The topological polar surface area (TPSA) is 93.4 Å². The molecule has 2 aromatic rings. The lowest BCUT2D eigenvalue weighted by molar-refractivity contribution is -0.384. The first kappa shape index (κ1) is 18.0. The lowest BCUT2D eigenvalue weighted by atomic mass is 10.1. The number of nitrogens with zero attached hydrogens (tertiary/aromatic N) is 3. The zero-order chi connectivity index (χ0) is 17.7. The third kappa shape index (κ3) is 4.36. The molecule has 1 atom stereocenters. The van der Waals surface area contributed by atoms with Crippen molar-refractivity contribution in [1.82, 2.24) is 9.29 Å². The molecule has 1 aromatic heterocycles. The molecule has 1 heterocycles. The van der Waals surface area contributed by atoms with E-state index in [1.54, 1.807) is 44.6 Å². The van der Waals surface area contributed by atoms with E-state index in [4.69, 9.17) is 0 Å². The Kier molecular flexibility index (Phi) is 5.63. The Bertz CT molecular complexity index is 792. The number of rotatable bonds is 7. The molecule has 0 aliphatic rings. The highest BCUT2D eigenvalue weighted by molar-refractivity contribution is 7.89. The fourth-order valence-corrected chi connectivity index (χ4v) is 3.63. The molecule has 8 heteroatoms. The number of pyridine rings is 1. The molecular formula is C16H19N3O4S. The second kappa shape index (κ2) is 7.50. The smallest absolute Gasteiger partial charge is 0.264 e. The van der Waals surface area contributed by atoms with Gasteiger partial charge >= 0.3 is 0 Å². The summed E-state index contributed by atoms with van der Waals surface area (Å²) in [6.45, 7) is 1.81. The van der Waals surface area contributed by atoms with E-state index in [0.29, 0.717) is 6.42 Å². The summed E-state index contributed by atoms with van der Waals surface area (Å²) in [5.41, 5.74) is 1.55. The molecule has 0 bridgehead atoms. The minimum atomic E-state index is -3.46. The lowest BCUT2D eigenvalue weighted by Crippen LogP contribution is -2.32. The Morgan fingerprint density at radius 3 is 2.46 bits per heavy atom. The summed E-state index contributed by atoms with van der Waals surface area (Å²) in [5.74, 6) is -0.0636. The van der Waals surface area contributed by atoms with Crippen LogP contribution in [0.2, 0.25) is 0 Å². The van der Waals surface area contributed by atoms with Gasteiger partial charge in [-0.2, -0.15) is 4.31 Å². The van der Waals surface area contributed by atoms with Crippen LogP contribution >= 0.6 is 0 Å². The molecule has 0 N–H and O–H groups in total. The maximum absolute atomic E-state index is 12.5. The maximum atomic E-state index is 12.5. The van der Waals surface area contributed by atoms with Crippen LogP contribution in [-0.2, 0) is 16.4 Å². The second-order valence-corrected chi connectivity index (χ2v) is 7.62. The maximum Gasteiger partial charge on any atom is 0.269 e. The number of non-ortho nitro benzene ring substituents is 1. The summed E-state index contributed by atoms with van der Waals surface area (Å²) >= 11 is 0. The third-order valence-electron chi connectivity index (χ3n) is 3.95. The van der Waals surface area contributed by atoms with Crippen LogP contribution < -0.4 is 0 Å². The first-order valence-electron chi connectivity index (χ1n) is 7.40. The van der Waals surface area contributed by atoms with E-state index in [1.165, 1.54) is 16.4 Å². The molecule has 128 valence electrons. The number of hydrogen-bond acceptors (Lipinski definition) is 5. The van der Waals surface area contributed by atoms with Gasteiger partial charge in [0.05, 0.1) is 10.7 Å². The summed E-state index contributed by atoms with van der Waals surface area (Å²) in [4.78, 5) is 14.2. The number of nitro benzene ring substituents is 1.